The van der Waals surface area contributed by atoms with Crippen LogP contribution < -0.4 is 4.74 Å². The zero-order chi connectivity index (χ0) is 19.4. The summed E-state index contributed by atoms with van der Waals surface area (Å²) in [7, 11) is 0. The van der Waals surface area contributed by atoms with Gasteiger partial charge in [0.05, 0.1) is 24.6 Å². The molecular formula is C18H26N2O6. The smallest absolute Gasteiger partial charge is 0.310 e. The third-order valence-corrected chi connectivity index (χ3v) is 3.59. The second-order valence-electron chi connectivity index (χ2n) is 5.61. The zero-order valence-corrected chi connectivity index (χ0v) is 15.3. The number of amides is 1. The van der Waals surface area contributed by atoms with E-state index in [1.807, 2.05) is 6.92 Å². The van der Waals surface area contributed by atoms with Crippen molar-refractivity contribution in [3.05, 3.63) is 34.4 Å². The predicted octanol–water partition coefficient (Wildman–Crippen LogP) is 2.95. The van der Waals surface area contributed by atoms with Gasteiger partial charge < -0.3 is 14.4 Å². The average molecular weight is 366 g/mol. The van der Waals surface area contributed by atoms with Crippen LogP contribution in [0.2, 0.25) is 0 Å². The summed E-state index contributed by atoms with van der Waals surface area (Å²) in [6.07, 6.45) is 1.65. The van der Waals surface area contributed by atoms with Gasteiger partial charge >= 0.3 is 11.7 Å². The summed E-state index contributed by atoms with van der Waals surface area (Å²) in [5, 5.41) is 10.9. The van der Waals surface area contributed by atoms with Crippen LogP contribution in [0.25, 0.3) is 0 Å². The quantitative estimate of drug-likeness (QED) is 0.244. The van der Waals surface area contributed by atoms with Gasteiger partial charge in [-0.05, 0) is 25.8 Å². The fourth-order valence-corrected chi connectivity index (χ4v) is 2.38. The highest BCUT2D eigenvalue weighted by atomic mass is 16.6. The molecule has 0 aliphatic heterocycles. The summed E-state index contributed by atoms with van der Waals surface area (Å²) < 4.78 is 10.3. The van der Waals surface area contributed by atoms with E-state index >= 15 is 0 Å². The minimum atomic E-state index is -0.501. The molecule has 144 valence electrons. The number of hydrogen-bond donors (Lipinski definition) is 0. The SMILES string of the molecule is CCCN(CCC(=O)OCC)C(=O)CCCOc1ccccc1[N+](=O)[O-]. The number of nitrogens with zero attached hydrogens (tertiary/aromatic N) is 2. The molecule has 1 aromatic carbocycles. The van der Waals surface area contributed by atoms with Crippen LogP contribution >= 0.6 is 0 Å². The van der Waals surface area contributed by atoms with E-state index in [1.165, 1.54) is 12.1 Å². The average Bonchev–Trinajstić information content (AvgIpc) is 2.62. The van der Waals surface area contributed by atoms with Gasteiger partial charge in [-0.25, -0.2) is 0 Å². The summed E-state index contributed by atoms with van der Waals surface area (Å²) in [6.45, 7) is 5.13. The Bertz CT molecular complexity index is 605. The number of nitro benzene ring substituents is 1. The number of rotatable bonds is 12. The van der Waals surface area contributed by atoms with Crippen LogP contribution in [0.1, 0.15) is 39.5 Å². The van der Waals surface area contributed by atoms with E-state index in [1.54, 1.807) is 24.0 Å². The molecule has 0 fully saturated rings. The van der Waals surface area contributed by atoms with Crippen LogP contribution in [0.5, 0.6) is 5.75 Å². The zero-order valence-electron chi connectivity index (χ0n) is 15.3. The van der Waals surface area contributed by atoms with E-state index in [9.17, 15) is 19.7 Å². The number of carbonyl (C=O) groups excluding carboxylic acids is 2. The molecule has 26 heavy (non-hydrogen) atoms. The second-order valence-corrected chi connectivity index (χ2v) is 5.61. The van der Waals surface area contributed by atoms with Gasteiger partial charge in [-0.15, -0.1) is 0 Å². The van der Waals surface area contributed by atoms with Crippen molar-refractivity contribution >= 4 is 17.6 Å². The molecule has 0 aromatic heterocycles. The van der Waals surface area contributed by atoms with Crippen molar-refractivity contribution in [2.75, 3.05) is 26.3 Å². The van der Waals surface area contributed by atoms with E-state index in [0.717, 1.165) is 6.42 Å². The van der Waals surface area contributed by atoms with Gasteiger partial charge in [0.25, 0.3) is 0 Å². The lowest BCUT2D eigenvalue weighted by atomic mass is 10.2. The lowest BCUT2D eigenvalue weighted by Gasteiger charge is -2.21. The van der Waals surface area contributed by atoms with Crippen molar-refractivity contribution in [2.24, 2.45) is 0 Å². The summed E-state index contributed by atoms with van der Waals surface area (Å²) in [6, 6.07) is 6.13. The molecule has 8 nitrogen and oxygen atoms in total. The van der Waals surface area contributed by atoms with Crippen LogP contribution in [0.3, 0.4) is 0 Å². The van der Waals surface area contributed by atoms with Crippen molar-refractivity contribution < 1.29 is 24.0 Å². The Labute approximate surface area is 153 Å². The molecule has 0 N–H and O–H groups in total. The molecule has 0 aliphatic carbocycles. The second kappa shape index (κ2) is 11.8. The first-order chi connectivity index (χ1) is 12.5. The maximum atomic E-state index is 12.3. The third kappa shape index (κ3) is 7.50. The highest BCUT2D eigenvalue weighted by Gasteiger charge is 2.16. The lowest BCUT2D eigenvalue weighted by Crippen LogP contribution is -2.34. The lowest BCUT2D eigenvalue weighted by molar-refractivity contribution is -0.385. The maximum Gasteiger partial charge on any atom is 0.310 e. The minimum absolute atomic E-state index is 0.0673. The van der Waals surface area contributed by atoms with Crippen molar-refractivity contribution in [3.8, 4) is 5.75 Å². The molecular weight excluding hydrogens is 340 g/mol. The van der Waals surface area contributed by atoms with Crippen LogP contribution in [0.15, 0.2) is 24.3 Å². The van der Waals surface area contributed by atoms with Gasteiger partial charge in [-0.3, -0.25) is 19.7 Å². The molecule has 1 aromatic rings. The molecule has 0 aliphatic rings. The van der Waals surface area contributed by atoms with E-state index in [-0.39, 0.29) is 42.8 Å². The normalized spacial score (nSPS) is 10.2. The molecule has 8 heteroatoms. The Morgan fingerprint density at radius 1 is 1.15 bits per heavy atom. The number of esters is 1. The highest BCUT2D eigenvalue weighted by Crippen LogP contribution is 2.25. The first-order valence-corrected chi connectivity index (χ1v) is 8.79. The number of nitro groups is 1. The fraction of sp³-hybridized carbons (Fsp3) is 0.556. The van der Waals surface area contributed by atoms with Gasteiger partial charge in [0.2, 0.25) is 5.91 Å². The van der Waals surface area contributed by atoms with Crippen LogP contribution in [-0.4, -0.2) is 48.0 Å². The standard InChI is InChI=1S/C18H26N2O6/c1-3-12-19(13-11-18(22)25-4-2)17(21)10-7-14-26-16-9-6-5-8-15(16)20(23)24/h5-6,8-9H,3-4,7,10-14H2,1-2H3. The Morgan fingerprint density at radius 3 is 2.54 bits per heavy atom. The molecule has 0 heterocycles. The van der Waals surface area contributed by atoms with E-state index in [4.69, 9.17) is 9.47 Å². The molecule has 0 saturated heterocycles. The number of para-hydroxylation sites is 2. The van der Waals surface area contributed by atoms with Crippen LogP contribution in [0.4, 0.5) is 5.69 Å². The van der Waals surface area contributed by atoms with Gasteiger partial charge in [0, 0.05) is 25.6 Å². The van der Waals surface area contributed by atoms with Gasteiger partial charge in [-0.2, -0.15) is 0 Å². The molecule has 1 amide bonds. The molecule has 0 saturated carbocycles. The minimum Gasteiger partial charge on any atom is -0.487 e. The van der Waals surface area contributed by atoms with Crippen molar-refractivity contribution in [2.45, 2.75) is 39.5 Å². The van der Waals surface area contributed by atoms with E-state index < -0.39 is 4.92 Å². The maximum absolute atomic E-state index is 12.3. The summed E-state index contributed by atoms with van der Waals surface area (Å²) >= 11 is 0. The molecule has 0 spiro atoms. The van der Waals surface area contributed by atoms with Gasteiger partial charge in [0.1, 0.15) is 0 Å². The van der Waals surface area contributed by atoms with Crippen molar-refractivity contribution in [3.63, 3.8) is 0 Å². The molecule has 0 radical (unpaired) electrons. The van der Waals surface area contributed by atoms with Gasteiger partial charge in [-0.1, -0.05) is 19.1 Å². The van der Waals surface area contributed by atoms with Crippen LogP contribution in [0, 0.1) is 10.1 Å². The first-order valence-electron chi connectivity index (χ1n) is 8.79. The third-order valence-electron chi connectivity index (χ3n) is 3.59. The Balaban J connectivity index is 2.43. The van der Waals surface area contributed by atoms with Gasteiger partial charge in [0.15, 0.2) is 5.75 Å². The Morgan fingerprint density at radius 2 is 1.88 bits per heavy atom. The van der Waals surface area contributed by atoms with Crippen LogP contribution in [-0.2, 0) is 14.3 Å². The van der Waals surface area contributed by atoms with E-state index in [0.29, 0.717) is 26.1 Å². The summed E-state index contributed by atoms with van der Waals surface area (Å²) in [4.78, 5) is 35.8. The topological polar surface area (TPSA) is 99.0 Å². The largest absolute Gasteiger partial charge is 0.487 e. The molecule has 0 bridgehead atoms. The first kappa shape index (κ1) is 21.4. The summed E-state index contributed by atoms with van der Waals surface area (Å²) in [5.74, 6) is -0.193. The van der Waals surface area contributed by atoms with E-state index in [2.05, 4.69) is 0 Å². The summed E-state index contributed by atoms with van der Waals surface area (Å²) in [5.41, 5.74) is -0.0964. The van der Waals surface area contributed by atoms with Crippen molar-refractivity contribution in [1.29, 1.82) is 0 Å². The fourth-order valence-electron chi connectivity index (χ4n) is 2.38. The number of carbonyl (C=O) groups is 2. The molecule has 1 rings (SSSR count). The molecule has 0 unspecified atom stereocenters. The van der Waals surface area contributed by atoms with Crippen molar-refractivity contribution in [1.82, 2.24) is 4.90 Å². The monoisotopic (exact) mass is 366 g/mol. The Hall–Kier alpha value is -2.64. The predicted molar refractivity (Wildman–Crippen MR) is 95.9 cm³/mol. The Kier molecular flexibility index (Phi) is 9.74. The number of ether oxygens (including phenoxy) is 2. The number of hydrogen-bond acceptors (Lipinski definition) is 6. The highest BCUT2D eigenvalue weighted by molar-refractivity contribution is 5.77. The number of benzene rings is 1. The molecule has 0 atom stereocenters.